The molecule has 0 unspecified atom stereocenters. The fraction of sp³-hybridized carbons (Fsp3) is 0.538. The molecule has 2 heterocycles. The number of carbonyl (C=O) groups excluding carboxylic acids is 1. The van der Waals surface area contributed by atoms with Crippen LogP contribution < -0.4 is 0 Å². The molecule has 0 fully saturated rings. The van der Waals surface area contributed by atoms with Gasteiger partial charge in [0, 0.05) is 16.8 Å². The van der Waals surface area contributed by atoms with Gasteiger partial charge >= 0.3 is 5.97 Å². The molecule has 0 saturated heterocycles. The Kier molecular flexibility index (Phi) is 4.01. The molecule has 0 amide bonds. The Morgan fingerprint density at radius 2 is 2.28 bits per heavy atom. The van der Waals surface area contributed by atoms with E-state index < -0.39 is 0 Å². The van der Waals surface area contributed by atoms with Crippen LogP contribution in [0.15, 0.2) is 6.20 Å². The van der Waals surface area contributed by atoms with E-state index in [9.17, 15) is 4.79 Å². The molecule has 4 nitrogen and oxygen atoms in total. The van der Waals surface area contributed by atoms with Crippen molar-refractivity contribution in [3.63, 3.8) is 0 Å². The van der Waals surface area contributed by atoms with Crippen LogP contribution in [0, 0.1) is 6.92 Å². The van der Waals surface area contributed by atoms with E-state index in [4.69, 9.17) is 4.74 Å². The molecule has 98 valence electrons. The Morgan fingerprint density at radius 1 is 1.50 bits per heavy atom. The Bertz CT molecular complexity index is 557. The Hall–Kier alpha value is -1.36. The number of imidazole rings is 1. The summed E-state index contributed by atoms with van der Waals surface area (Å²) in [7, 11) is 0. The van der Waals surface area contributed by atoms with Crippen LogP contribution in [-0.4, -0.2) is 22.0 Å². The largest absolute Gasteiger partial charge is 0.461 e. The molecule has 5 heteroatoms. The second kappa shape index (κ2) is 5.52. The first kappa shape index (κ1) is 13.1. The number of unbranched alkanes of at least 4 members (excludes halogenated alkanes) is 1. The fourth-order valence-electron chi connectivity index (χ4n) is 1.87. The average molecular weight is 266 g/mol. The summed E-state index contributed by atoms with van der Waals surface area (Å²) < 4.78 is 6.94. The fourth-order valence-corrected chi connectivity index (χ4v) is 3.01. The van der Waals surface area contributed by atoms with E-state index >= 15 is 0 Å². The van der Waals surface area contributed by atoms with Crippen LogP contribution in [0.25, 0.3) is 4.96 Å². The molecule has 0 saturated carbocycles. The number of thiazole rings is 1. The number of nitrogens with zero attached hydrogens (tertiary/aromatic N) is 2. The summed E-state index contributed by atoms with van der Waals surface area (Å²) in [5.41, 5.74) is 1.58. The van der Waals surface area contributed by atoms with Crippen LogP contribution >= 0.6 is 11.3 Å². The molecule has 0 aromatic carbocycles. The lowest BCUT2D eigenvalue weighted by Gasteiger charge is -1.98. The number of aromatic nitrogens is 2. The zero-order valence-electron chi connectivity index (χ0n) is 11.0. The monoisotopic (exact) mass is 266 g/mol. The van der Waals surface area contributed by atoms with Gasteiger partial charge in [0.05, 0.1) is 6.61 Å². The Balaban J connectivity index is 2.28. The topological polar surface area (TPSA) is 43.6 Å². The summed E-state index contributed by atoms with van der Waals surface area (Å²) in [5.74, 6) is -0.345. The number of aryl methyl sites for hydroxylation is 2. The SMILES string of the molecule is CCCCc1sc2nc(C(=O)OCC)cn2c1C. The molecule has 18 heavy (non-hydrogen) atoms. The number of ether oxygens (including phenoxy) is 1. The third-order valence-electron chi connectivity index (χ3n) is 2.89. The van der Waals surface area contributed by atoms with Crippen LogP contribution in [0.3, 0.4) is 0 Å². The van der Waals surface area contributed by atoms with Crippen LogP contribution in [0.4, 0.5) is 0 Å². The van der Waals surface area contributed by atoms with Crippen LogP contribution in [0.2, 0.25) is 0 Å². The summed E-state index contributed by atoms with van der Waals surface area (Å²) in [6.07, 6.45) is 5.24. The molecule has 0 atom stereocenters. The van der Waals surface area contributed by atoms with E-state index in [0.717, 1.165) is 11.4 Å². The van der Waals surface area contributed by atoms with Crippen molar-refractivity contribution >= 4 is 22.3 Å². The van der Waals surface area contributed by atoms with Gasteiger partial charge in [0.15, 0.2) is 10.7 Å². The third kappa shape index (κ3) is 2.41. The van der Waals surface area contributed by atoms with Crippen LogP contribution in [-0.2, 0) is 11.2 Å². The normalized spacial score (nSPS) is 11.1. The lowest BCUT2D eigenvalue weighted by Crippen LogP contribution is -2.04. The van der Waals surface area contributed by atoms with Crippen molar-refractivity contribution in [1.29, 1.82) is 0 Å². The van der Waals surface area contributed by atoms with Gasteiger partial charge < -0.3 is 4.74 Å². The second-order valence-corrected chi connectivity index (χ2v) is 5.28. The highest BCUT2D eigenvalue weighted by Gasteiger charge is 2.16. The zero-order chi connectivity index (χ0) is 13.1. The van der Waals surface area contributed by atoms with Crippen molar-refractivity contribution in [1.82, 2.24) is 9.38 Å². The summed E-state index contributed by atoms with van der Waals surface area (Å²) in [5, 5.41) is 0. The highest BCUT2D eigenvalue weighted by molar-refractivity contribution is 7.17. The molecule has 0 aliphatic rings. The van der Waals surface area contributed by atoms with Crippen molar-refractivity contribution in [2.75, 3.05) is 6.61 Å². The van der Waals surface area contributed by atoms with Gasteiger partial charge in [0.1, 0.15) is 0 Å². The quantitative estimate of drug-likeness (QED) is 0.780. The lowest BCUT2D eigenvalue weighted by molar-refractivity contribution is 0.0520. The molecular formula is C13H18N2O2S. The summed E-state index contributed by atoms with van der Waals surface area (Å²) in [6.45, 7) is 6.44. The van der Waals surface area contributed by atoms with Crippen molar-refractivity contribution in [3.05, 3.63) is 22.5 Å². The minimum Gasteiger partial charge on any atom is -0.461 e. The maximum atomic E-state index is 11.6. The number of rotatable bonds is 5. The van der Waals surface area contributed by atoms with Gasteiger partial charge in [-0.05, 0) is 26.7 Å². The van der Waals surface area contributed by atoms with Gasteiger partial charge in [0.25, 0.3) is 0 Å². The third-order valence-corrected chi connectivity index (χ3v) is 4.11. The van der Waals surface area contributed by atoms with Crippen LogP contribution in [0.1, 0.15) is 47.7 Å². The number of fused-ring (bicyclic) bond motifs is 1. The molecule has 2 aromatic heterocycles. The number of hydrogen-bond acceptors (Lipinski definition) is 4. The minimum absolute atomic E-state index is 0.345. The molecule has 2 rings (SSSR count). The summed E-state index contributed by atoms with van der Waals surface area (Å²) >= 11 is 1.66. The Morgan fingerprint density at radius 3 is 2.89 bits per heavy atom. The zero-order valence-corrected chi connectivity index (χ0v) is 11.8. The second-order valence-electron chi connectivity index (χ2n) is 4.21. The summed E-state index contributed by atoms with van der Waals surface area (Å²) in [4.78, 5) is 18.1. The number of carbonyl (C=O) groups is 1. The predicted molar refractivity (Wildman–Crippen MR) is 72.4 cm³/mol. The van der Waals surface area contributed by atoms with Gasteiger partial charge in [-0.1, -0.05) is 13.3 Å². The van der Waals surface area contributed by atoms with Gasteiger partial charge in [0.2, 0.25) is 0 Å². The first-order valence-electron chi connectivity index (χ1n) is 6.31. The smallest absolute Gasteiger partial charge is 0.358 e. The molecular weight excluding hydrogens is 248 g/mol. The summed E-state index contributed by atoms with van der Waals surface area (Å²) in [6, 6.07) is 0. The average Bonchev–Trinajstić information content (AvgIpc) is 2.88. The molecule has 0 aliphatic carbocycles. The molecule has 0 bridgehead atoms. The van der Waals surface area contributed by atoms with Gasteiger partial charge in [-0.25, -0.2) is 9.78 Å². The lowest BCUT2D eigenvalue weighted by atomic mass is 10.2. The van der Waals surface area contributed by atoms with E-state index in [2.05, 4.69) is 18.8 Å². The first-order chi connectivity index (χ1) is 8.67. The number of esters is 1. The first-order valence-corrected chi connectivity index (χ1v) is 7.13. The van der Waals surface area contributed by atoms with E-state index in [0.29, 0.717) is 12.3 Å². The minimum atomic E-state index is -0.345. The van der Waals surface area contributed by atoms with Crippen LogP contribution in [0.5, 0.6) is 0 Å². The van der Waals surface area contributed by atoms with E-state index in [1.165, 1.54) is 23.4 Å². The molecule has 0 radical (unpaired) electrons. The standard InChI is InChI=1S/C13H18N2O2S/c1-4-6-7-11-9(3)15-8-10(12(16)17-5-2)14-13(15)18-11/h8H,4-7H2,1-3H3. The van der Waals surface area contributed by atoms with Gasteiger partial charge in [-0.3, -0.25) is 4.40 Å². The van der Waals surface area contributed by atoms with Crippen molar-refractivity contribution in [3.8, 4) is 0 Å². The highest BCUT2D eigenvalue weighted by Crippen LogP contribution is 2.24. The molecule has 2 aromatic rings. The molecule has 0 aliphatic heterocycles. The van der Waals surface area contributed by atoms with E-state index in [1.807, 2.05) is 4.40 Å². The highest BCUT2D eigenvalue weighted by atomic mass is 32.1. The maximum absolute atomic E-state index is 11.6. The maximum Gasteiger partial charge on any atom is 0.358 e. The molecule has 0 N–H and O–H groups in total. The van der Waals surface area contributed by atoms with E-state index in [1.54, 1.807) is 24.5 Å². The van der Waals surface area contributed by atoms with Crippen molar-refractivity contribution < 1.29 is 9.53 Å². The van der Waals surface area contributed by atoms with E-state index in [-0.39, 0.29) is 5.97 Å². The van der Waals surface area contributed by atoms with Gasteiger partial charge in [-0.15, -0.1) is 11.3 Å². The van der Waals surface area contributed by atoms with Crippen molar-refractivity contribution in [2.24, 2.45) is 0 Å². The Labute approximate surface area is 111 Å². The van der Waals surface area contributed by atoms with Crippen molar-refractivity contribution in [2.45, 2.75) is 40.0 Å². The molecule has 0 spiro atoms. The number of hydrogen-bond donors (Lipinski definition) is 0. The predicted octanol–water partition coefficient (Wildman–Crippen LogP) is 3.22. The van der Waals surface area contributed by atoms with Gasteiger partial charge in [-0.2, -0.15) is 0 Å².